The molecule has 1 atom stereocenters. The average molecular weight is 278 g/mol. The van der Waals surface area contributed by atoms with Crippen LogP contribution in [-0.4, -0.2) is 37.7 Å². The molecule has 1 aromatic rings. The summed E-state index contributed by atoms with van der Waals surface area (Å²) in [7, 11) is 0. The lowest BCUT2D eigenvalue weighted by atomic mass is 9.99. The molecule has 1 aromatic carbocycles. The second-order valence-electron chi connectivity index (χ2n) is 5.52. The Morgan fingerprint density at radius 2 is 1.70 bits per heavy atom. The third-order valence-electron chi connectivity index (χ3n) is 3.69. The maximum absolute atomic E-state index is 6.32. The van der Waals surface area contributed by atoms with E-state index in [-0.39, 0.29) is 6.04 Å². The van der Waals surface area contributed by atoms with E-state index in [4.69, 9.17) is 10.5 Å². The third kappa shape index (κ3) is 5.61. The van der Waals surface area contributed by atoms with E-state index >= 15 is 0 Å². The maximum Gasteiger partial charge on any atom is 0.0593 e. The zero-order valence-corrected chi connectivity index (χ0v) is 13.4. The lowest BCUT2D eigenvalue weighted by molar-refractivity contribution is 0.113. The molecule has 1 rings (SSSR count). The molecule has 0 aliphatic carbocycles. The van der Waals surface area contributed by atoms with E-state index < -0.39 is 0 Å². The van der Waals surface area contributed by atoms with Crippen LogP contribution in [0, 0.1) is 0 Å². The van der Waals surface area contributed by atoms with Gasteiger partial charge in [-0.05, 0) is 30.5 Å². The predicted molar refractivity (Wildman–Crippen MR) is 86.1 cm³/mol. The smallest absolute Gasteiger partial charge is 0.0593 e. The lowest BCUT2D eigenvalue weighted by Gasteiger charge is -2.24. The van der Waals surface area contributed by atoms with Crippen LogP contribution in [0.1, 0.15) is 50.8 Å². The Labute approximate surface area is 124 Å². The van der Waals surface area contributed by atoms with Crippen LogP contribution in [-0.2, 0) is 4.74 Å². The number of hydrogen-bond donors (Lipinski definition) is 1. The van der Waals surface area contributed by atoms with Crippen LogP contribution in [0.15, 0.2) is 24.3 Å². The average Bonchev–Trinajstić information content (AvgIpc) is 2.46. The molecule has 0 aliphatic rings. The summed E-state index contributed by atoms with van der Waals surface area (Å²) < 4.78 is 5.41. The van der Waals surface area contributed by atoms with Crippen molar-refractivity contribution in [3.05, 3.63) is 35.4 Å². The molecule has 3 nitrogen and oxygen atoms in total. The highest BCUT2D eigenvalue weighted by atomic mass is 16.5. The zero-order chi connectivity index (χ0) is 15.0. The van der Waals surface area contributed by atoms with Gasteiger partial charge < -0.3 is 10.5 Å². The van der Waals surface area contributed by atoms with Crippen LogP contribution in [0.25, 0.3) is 0 Å². The van der Waals surface area contributed by atoms with Gasteiger partial charge in [0.05, 0.1) is 6.61 Å². The van der Waals surface area contributed by atoms with Crippen LogP contribution >= 0.6 is 0 Å². The molecule has 0 spiro atoms. The molecular formula is C17H30N2O. The van der Waals surface area contributed by atoms with Gasteiger partial charge in [0, 0.05) is 25.7 Å². The van der Waals surface area contributed by atoms with Gasteiger partial charge in [-0.1, -0.05) is 45.0 Å². The molecule has 0 saturated carbocycles. The van der Waals surface area contributed by atoms with Crippen LogP contribution < -0.4 is 5.73 Å². The molecule has 0 radical (unpaired) electrons. The van der Waals surface area contributed by atoms with Gasteiger partial charge in [-0.25, -0.2) is 0 Å². The summed E-state index contributed by atoms with van der Waals surface area (Å²) >= 11 is 0. The molecule has 114 valence electrons. The molecule has 0 saturated heterocycles. The molecule has 0 heterocycles. The van der Waals surface area contributed by atoms with Crippen molar-refractivity contribution in [2.75, 3.05) is 32.8 Å². The fraction of sp³-hybridized carbons (Fsp3) is 0.647. The van der Waals surface area contributed by atoms with Gasteiger partial charge in [-0.3, -0.25) is 4.90 Å². The Morgan fingerprint density at radius 1 is 1.10 bits per heavy atom. The minimum absolute atomic E-state index is 0.0674. The summed E-state index contributed by atoms with van der Waals surface area (Å²) in [5.74, 6) is 0.568. The molecule has 2 N–H and O–H groups in total. The standard InChI is InChI=1S/C17H30N2O/c1-5-19(11-12-20-6-2)13-17(18)16-9-7-15(8-10-16)14(3)4/h7-10,14,17H,5-6,11-13,18H2,1-4H3. The molecule has 3 heteroatoms. The highest BCUT2D eigenvalue weighted by molar-refractivity contribution is 5.26. The fourth-order valence-electron chi connectivity index (χ4n) is 2.23. The Bertz CT molecular complexity index is 362. The van der Waals surface area contributed by atoms with Gasteiger partial charge in [0.1, 0.15) is 0 Å². The Kier molecular flexibility index (Phi) is 7.82. The van der Waals surface area contributed by atoms with Gasteiger partial charge in [-0.2, -0.15) is 0 Å². The van der Waals surface area contributed by atoms with Gasteiger partial charge >= 0.3 is 0 Å². The summed E-state index contributed by atoms with van der Waals surface area (Å²) in [5.41, 5.74) is 8.90. The van der Waals surface area contributed by atoms with E-state index in [1.165, 1.54) is 11.1 Å². The molecule has 1 unspecified atom stereocenters. The first-order chi connectivity index (χ1) is 9.58. The molecule has 0 fully saturated rings. The number of nitrogens with two attached hydrogens (primary N) is 1. The third-order valence-corrected chi connectivity index (χ3v) is 3.69. The predicted octanol–water partition coefficient (Wildman–Crippen LogP) is 3.17. The van der Waals surface area contributed by atoms with Crippen molar-refractivity contribution in [2.24, 2.45) is 5.73 Å². The van der Waals surface area contributed by atoms with E-state index in [0.717, 1.165) is 32.8 Å². The van der Waals surface area contributed by atoms with E-state index in [1.807, 2.05) is 6.92 Å². The molecule has 20 heavy (non-hydrogen) atoms. The van der Waals surface area contributed by atoms with Gasteiger partial charge in [0.15, 0.2) is 0 Å². The van der Waals surface area contributed by atoms with Crippen LogP contribution in [0.2, 0.25) is 0 Å². The monoisotopic (exact) mass is 278 g/mol. The number of likely N-dealkylation sites (N-methyl/N-ethyl adjacent to an activating group) is 1. The van der Waals surface area contributed by atoms with E-state index in [1.54, 1.807) is 0 Å². The highest BCUT2D eigenvalue weighted by Crippen LogP contribution is 2.18. The number of benzene rings is 1. The molecule has 0 aromatic heterocycles. The number of rotatable bonds is 9. The lowest BCUT2D eigenvalue weighted by Crippen LogP contribution is -2.34. The second-order valence-corrected chi connectivity index (χ2v) is 5.52. The van der Waals surface area contributed by atoms with Crippen molar-refractivity contribution >= 4 is 0 Å². The van der Waals surface area contributed by atoms with Crippen molar-refractivity contribution in [3.8, 4) is 0 Å². The SMILES string of the molecule is CCOCCN(CC)CC(N)c1ccc(C(C)C)cc1. The van der Waals surface area contributed by atoms with Gasteiger partial charge in [0.25, 0.3) is 0 Å². The van der Waals surface area contributed by atoms with Crippen molar-refractivity contribution < 1.29 is 4.74 Å². The minimum atomic E-state index is 0.0674. The first-order valence-electron chi connectivity index (χ1n) is 7.74. The summed E-state index contributed by atoms with van der Waals surface area (Å²) in [4.78, 5) is 2.34. The zero-order valence-electron chi connectivity index (χ0n) is 13.4. The van der Waals surface area contributed by atoms with Crippen LogP contribution in [0.3, 0.4) is 0 Å². The molecule has 0 bridgehead atoms. The van der Waals surface area contributed by atoms with Crippen molar-refractivity contribution in [1.29, 1.82) is 0 Å². The topological polar surface area (TPSA) is 38.5 Å². The Balaban J connectivity index is 2.53. The molecular weight excluding hydrogens is 248 g/mol. The largest absolute Gasteiger partial charge is 0.380 e. The molecule has 0 amide bonds. The molecule has 0 aliphatic heterocycles. The first kappa shape index (κ1) is 17.2. The quantitative estimate of drug-likeness (QED) is 0.705. The number of ether oxygens (including phenoxy) is 1. The van der Waals surface area contributed by atoms with E-state index in [2.05, 4.69) is 49.9 Å². The summed E-state index contributed by atoms with van der Waals surface area (Å²) in [6, 6.07) is 8.78. The van der Waals surface area contributed by atoms with Crippen molar-refractivity contribution in [2.45, 2.75) is 39.7 Å². The van der Waals surface area contributed by atoms with E-state index in [9.17, 15) is 0 Å². The fourth-order valence-corrected chi connectivity index (χ4v) is 2.23. The summed E-state index contributed by atoms with van der Waals surface area (Å²) in [6.45, 7) is 13.0. The minimum Gasteiger partial charge on any atom is -0.380 e. The van der Waals surface area contributed by atoms with Crippen LogP contribution in [0.5, 0.6) is 0 Å². The summed E-state index contributed by atoms with van der Waals surface area (Å²) in [6.07, 6.45) is 0. The van der Waals surface area contributed by atoms with Crippen molar-refractivity contribution in [3.63, 3.8) is 0 Å². The Morgan fingerprint density at radius 3 is 2.20 bits per heavy atom. The van der Waals surface area contributed by atoms with Gasteiger partial charge in [0.2, 0.25) is 0 Å². The highest BCUT2D eigenvalue weighted by Gasteiger charge is 2.11. The van der Waals surface area contributed by atoms with Gasteiger partial charge in [-0.15, -0.1) is 0 Å². The maximum atomic E-state index is 6.32. The van der Waals surface area contributed by atoms with Crippen LogP contribution in [0.4, 0.5) is 0 Å². The van der Waals surface area contributed by atoms with E-state index in [0.29, 0.717) is 5.92 Å². The number of hydrogen-bond acceptors (Lipinski definition) is 3. The Hall–Kier alpha value is -0.900. The van der Waals surface area contributed by atoms with Crippen molar-refractivity contribution in [1.82, 2.24) is 4.90 Å². The summed E-state index contributed by atoms with van der Waals surface area (Å²) in [5, 5.41) is 0. The second kappa shape index (κ2) is 9.11. The normalized spacial score (nSPS) is 13.2. The number of nitrogens with zero attached hydrogens (tertiary/aromatic N) is 1. The first-order valence-corrected chi connectivity index (χ1v) is 7.74.